The second-order valence-electron chi connectivity index (χ2n) is 8.16. The molecule has 1 fully saturated rings. The second-order valence-corrected chi connectivity index (χ2v) is 8.16. The van der Waals surface area contributed by atoms with Gasteiger partial charge in [0.1, 0.15) is 6.61 Å². The Bertz CT molecular complexity index is 1110. The first-order chi connectivity index (χ1) is 15.5. The van der Waals surface area contributed by atoms with Crippen LogP contribution in [-0.2, 0) is 4.79 Å². The monoisotopic (exact) mass is 434 g/mol. The van der Waals surface area contributed by atoms with Gasteiger partial charge in [0.2, 0.25) is 5.91 Å². The first-order valence-corrected chi connectivity index (χ1v) is 10.9. The zero-order chi connectivity index (χ0) is 22.5. The third kappa shape index (κ3) is 4.74. The van der Waals surface area contributed by atoms with E-state index < -0.39 is 5.82 Å². The predicted octanol–water partition coefficient (Wildman–Crippen LogP) is 4.37. The average molecular weight is 435 g/mol. The van der Waals surface area contributed by atoms with Gasteiger partial charge >= 0.3 is 0 Å². The molecule has 3 aromatic rings. The molecule has 0 saturated carbocycles. The lowest BCUT2D eigenvalue weighted by molar-refractivity contribution is -0.135. The third-order valence-corrected chi connectivity index (χ3v) is 5.98. The number of likely N-dealkylation sites (tertiary alicyclic amines) is 1. The van der Waals surface area contributed by atoms with Crippen molar-refractivity contribution >= 4 is 22.6 Å². The molecule has 6 heteroatoms. The number of amides is 2. The van der Waals surface area contributed by atoms with E-state index in [0.717, 1.165) is 23.6 Å². The Morgan fingerprint density at radius 2 is 1.81 bits per heavy atom. The van der Waals surface area contributed by atoms with Gasteiger partial charge in [-0.2, -0.15) is 0 Å². The normalized spacial score (nSPS) is 16.1. The second kappa shape index (κ2) is 9.81. The van der Waals surface area contributed by atoms with Crippen molar-refractivity contribution in [2.45, 2.75) is 12.8 Å². The number of carbonyl (C=O) groups is 2. The molecule has 0 N–H and O–H groups in total. The molecule has 1 atom stereocenters. The van der Waals surface area contributed by atoms with Crippen molar-refractivity contribution in [2.24, 2.45) is 5.92 Å². The van der Waals surface area contributed by atoms with Crippen molar-refractivity contribution in [1.29, 1.82) is 0 Å². The number of hydrogen-bond donors (Lipinski definition) is 0. The molecule has 1 aliphatic rings. The fourth-order valence-electron chi connectivity index (χ4n) is 4.22. The van der Waals surface area contributed by atoms with Crippen LogP contribution in [0.4, 0.5) is 4.39 Å². The molecule has 0 aliphatic carbocycles. The number of piperidine rings is 1. The number of likely N-dealkylation sites (N-methyl/N-ethyl adjacent to an activating group) is 1. The molecule has 1 heterocycles. The van der Waals surface area contributed by atoms with Crippen molar-refractivity contribution in [3.63, 3.8) is 0 Å². The van der Waals surface area contributed by atoms with Crippen LogP contribution < -0.4 is 4.74 Å². The van der Waals surface area contributed by atoms with Crippen LogP contribution in [0.25, 0.3) is 10.8 Å². The van der Waals surface area contributed by atoms with E-state index in [9.17, 15) is 14.0 Å². The summed E-state index contributed by atoms with van der Waals surface area (Å²) in [6.45, 7) is 1.60. The summed E-state index contributed by atoms with van der Waals surface area (Å²) in [7, 11) is 1.72. The van der Waals surface area contributed by atoms with E-state index in [-0.39, 0.29) is 30.1 Å². The fourth-order valence-corrected chi connectivity index (χ4v) is 4.22. The molecular formula is C26H27FN2O3. The minimum atomic E-state index is -0.420. The highest BCUT2D eigenvalue weighted by Gasteiger charge is 2.31. The van der Waals surface area contributed by atoms with Crippen LogP contribution >= 0.6 is 0 Å². The molecule has 0 spiro atoms. The molecule has 3 aromatic carbocycles. The molecule has 1 aliphatic heterocycles. The smallest absolute Gasteiger partial charge is 0.254 e. The van der Waals surface area contributed by atoms with E-state index in [0.29, 0.717) is 25.2 Å². The maximum Gasteiger partial charge on any atom is 0.254 e. The average Bonchev–Trinajstić information content (AvgIpc) is 2.84. The van der Waals surface area contributed by atoms with E-state index in [1.807, 2.05) is 42.5 Å². The van der Waals surface area contributed by atoms with Crippen LogP contribution in [0.5, 0.6) is 5.75 Å². The van der Waals surface area contributed by atoms with Gasteiger partial charge in [0.15, 0.2) is 11.6 Å². The van der Waals surface area contributed by atoms with Gasteiger partial charge in [-0.15, -0.1) is 0 Å². The van der Waals surface area contributed by atoms with E-state index in [2.05, 4.69) is 0 Å². The first-order valence-electron chi connectivity index (χ1n) is 10.9. The highest BCUT2D eigenvalue weighted by atomic mass is 19.1. The van der Waals surface area contributed by atoms with Crippen LogP contribution in [0.3, 0.4) is 0 Å². The van der Waals surface area contributed by atoms with Crippen LogP contribution in [0, 0.1) is 11.7 Å². The molecule has 0 bridgehead atoms. The molecule has 166 valence electrons. The molecule has 2 amide bonds. The number of ether oxygens (including phenoxy) is 1. The molecule has 4 rings (SSSR count). The van der Waals surface area contributed by atoms with Crippen molar-refractivity contribution in [2.75, 3.05) is 33.3 Å². The van der Waals surface area contributed by atoms with Crippen LogP contribution in [0.1, 0.15) is 23.2 Å². The van der Waals surface area contributed by atoms with Gasteiger partial charge in [-0.05, 0) is 41.8 Å². The number of halogens is 1. The largest absolute Gasteiger partial charge is 0.489 e. The van der Waals surface area contributed by atoms with Crippen molar-refractivity contribution in [3.05, 3.63) is 78.1 Å². The standard InChI is InChI=1S/C26H27FN2O3/c1-28(16-17-32-24-14-5-4-13-23(24)27)25(30)20-10-7-15-29(18-20)26(31)22-12-6-9-19-8-2-3-11-21(19)22/h2-6,8-9,11-14,20H,7,10,15-18H2,1H3. The lowest BCUT2D eigenvalue weighted by Crippen LogP contribution is -2.46. The van der Waals surface area contributed by atoms with Gasteiger partial charge in [-0.25, -0.2) is 4.39 Å². The van der Waals surface area contributed by atoms with Gasteiger partial charge in [-0.3, -0.25) is 9.59 Å². The Hall–Kier alpha value is -3.41. The Morgan fingerprint density at radius 1 is 1.06 bits per heavy atom. The number of carbonyl (C=O) groups excluding carboxylic acids is 2. The van der Waals surface area contributed by atoms with Crippen molar-refractivity contribution in [3.8, 4) is 5.75 Å². The summed E-state index contributed by atoms with van der Waals surface area (Å²) in [4.78, 5) is 29.6. The number of nitrogens with zero attached hydrogens (tertiary/aromatic N) is 2. The summed E-state index contributed by atoms with van der Waals surface area (Å²) in [6, 6.07) is 19.8. The number of hydrogen-bond acceptors (Lipinski definition) is 3. The molecule has 0 aromatic heterocycles. The number of fused-ring (bicyclic) bond motifs is 1. The lowest BCUT2D eigenvalue weighted by atomic mass is 9.95. The first kappa shape index (κ1) is 21.8. The Labute approximate surface area is 187 Å². The minimum Gasteiger partial charge on any atom is -0.489 e. The maximum absolute atomic E-state index is 13.7. The van der Waals surface area contributed by atoms with Gasteiger partial charge < -0.3 is 14.5 Å². The van der Waals surface area contributed by atoms with Crippen LogP contribution in [-0.4, -0.2) is 54.9 Å². The van der Waals surface area contributed by atoms with E-state index in [1.165, 1.54) is 6.07 Å². The maximum atomic E-state index is 13.7. The summed E-state index contributed by atoms with van der Waals surface area (Å²) in [5, 5.41) is 1.95. The lowest BCUT2D eigenvalue weighted by Gasteiger charge is -2.34. The summed E-state index contributed by atoms with van der Waals surface area (Å²) in [5.74, 6) is -0.544. The zero-order valence-corrected chi connectivity index (χ0v) is 18.2. The van der Waals surface area contributed by atoms with Gasteiger partial charge in [0, 0.05) is 25.7 Å². The Morgan fingerprint density at radius 3 is 2.66 bits per heavy atom. The summed E-state index contributed by atoms with van der Waals surface area (Å²) in [5.41, 5.74) is 0.669. The molecule has 1 saturated heterocycles. The summed E-state index contributed by atoms with van der Waals surface area (Å²) >= 11 is 0. The van der Waals surface area contributed by atoms with Gasteiger partial charge in [-0.1, -0.05) is 48.5 Å². The van der Waals surface area contributed by atoms with Gasteiger partial charge in [0.05, 0.1) is 12.5 Å². The molecular weight excluding hydrogens is 407 g/mol. The fraction of sp³-hybridized carbons (Fsp3) is 0.308. The van der Waals surface area contributed by atoms with E-state index in [1.54, 1.807) is 35.0 Å². The SMILES string of the molecule is CN(CCOc1ccccc1F)C(=O)C1CCCN(C(=O)c2cccc3ccccc23)C1. The molecule has 32 heavy (non-hydrogen) atoms. The number of benzene rings is 3. The van der Waals surface area contributed by atoms with Gasteiger partial charge in [0.25, 0.3) is 5.91 Å². The minimum absolute atomic E-state index is 0.0162. The summed E-state index contributed by atoms with van der Waals surface area (Å²) in [6.07, 6.45) is 1.53. The molecule has 5 nitrogen and oxygen atoms in total. The van der Waals surface area contributed by atoms with Crippen LogP contribution in [0.15, 0.2) is 66.7 Å². The molecule has 0 radical (unpaired) electrons. The van der Waals surface area contributed by atoms with E-state index >= 15 is 0 Å². The Kier molecular flexibility index (Phi) is 6.69. The van der Waals surface area contributed by atoms with Crippen LogP contribution in [0.2, 0.25) is 0 Å². The number of rotatable bonds is 6. The highest BCUT2D eigenvalue weighted by Crippen LogP contribution is 2.24. The summed E-state index contributed by atoms with van der Waals surface area (Å²) < 4.78 is 19.1. The predicted molar refractivity (Wildman–Crippen MR) is 122 cm³/mol. The van der Waals surface area contributed by atoms with Crippen molar-refractivity contribution < 1.29 is 18.7 Å². The van der Waals surface area contributed by atoms with Crippen molar-refractivity contribution in [1.82, 2.24) is 9.80 Å². The Balaban J connectivity index is 1.37. The topological polar surface area (TPSA) is 49.9 Å². The third-order valence-electron chi connectivity index (χ3n) is 5.98. The number of para-hydroxylation sites is 1. The quantitative estimate of drug-likeness (QED) is 0.579. The van der Waals surface area contributed by atoms with E-state index in [4.69, 9.17) is 4.74 Å². The molecule has 1 unspecified atom stereocenters. The zero-order valence-electron chi connectivity index (χ0n) is 18.2. The highest BCUT2D eigenvalue weighted by molar-refractivity contribution is 6.07.